The molecule has 2 aliphatic heterocycles. The van der Waals surface area contributed by atoms with Gasteiger partial charge in [0.2, 0.25) is 5.91 Å². The number of carboxylic acid groups (broad SMARTS) is 1. The highest BCUT2D eigenvalue weighted by Gasteiger charge is 2.54. The minimum atomic E-state index is -1.16. The first-order valence-corrected chi connectivity index (χ1v) is 12.2. The van der Waals surface area contributed by atoms with E-state index in [0.29, 0.717) is 15.7 Å². The van der Waals surface area contributed by atoms with Gasteiger partial charge in [-0.3, -0.25) is 14.5 Å². The van der Waals surface area contributed by atoms with Gasteiger partial charge in [-0.15, -0.1) is 11.8 Å². The predicted octanol–water partition coefficient (Wildman–Crippen LogP) is 3.27. The minimum absolute atomic E-state index is 0.0303. The zero-order valence-electron chi connectivity index (χ0n) is 17.3. The lowest BCUT2D eigenvalue weighted by atomic mass is 10.0. The summed E-state index contributed by atoms with van der Waals surface area (Å²) in [6.45, 7) is 0. The van der Waals surface area contributed by atoms with Crippen molar-refractivity contribution in [3.05, 3.63) is 82.9 Å². The summed E-state index contributed by atoms with van der Waals surface area (Å²) in [6.07, 6.45) is 0.165. The molecule has 9 heteroatoms. The molecule has 5 rings (SSSR count). The van der Waals surface area contributed by atoms with Crippen LogP contribution in [-0.2, 0) is 20.8 Å². The van der Waals surface area contributed by atoms with Crippen LogP contribution in [-0.4, -0.2) is 49.9 Å². The molecule has 1 saturated heterocycles. The average Bonchev–Trinajstić information content (AvgIpc) is 2.82. The van der Waals surface area contributed by atoms with Crippen molar-refractivity contribution >= 4 is 52.2 Å². The third-order valence-electron chi connectivity index (χ3n) is 5.46. The van der Waals surface area contributed by atoms with E-state index in [0.717, 1.165) is 16.5 Å². The molecule has 0 saturated carbocycles. The summed E-state index contributed by atoms with van der Waals surface area (Å²) in [5.41, 5.74) is 1.64. The Kier molecular flexibility index (Phi) is 5.82. The predicted molar refractivity (Wildman–Crippen MR) is 127 cm³/mol. The molecule has 0 bridgehead atoms. The number of benzene rings is 2. The van der Waals surface area contributed by atoms with Crippen LogP contribution in [0.4, 0.5) is 0 Å². The van der Waals surface area contributed by atoms with Crippen molar-refractivity contribution in [2.24, 2.45) is 0 Å². The van der Waals surface area contributed by atoms with Crippen molar-refractivity contribution in [1.29, 1.82) is 0 Å². The molecule has 7 nitrogen and oxygen atoms in total. The lowest BCUT2D eigenvalue weighted by Crippen LogP contribution is -2.70. The van der Waals surface area contributed by atoms with Gasteiger partial charge < -0.3 is 10.4 Å². The summed E-state index contributed by atoms with van der Waals surface area (Å²) in [6, 6.07) is 20.0. The van der Waals surface area contributed by atoms with Crippen LogP contribution >= 0.6 is 23.5 Å². The number of rotatable bonds is 6. The molecule has 3 heterocycles. The minimum Gasteiger partial charge on any atom is -0.477 e. The van der Waals surface area contributed by atoms with Crippen molar-refractivity contribution < 1.29 is 19.5 Å². The van der Waals surface area contributed by atoms with Crippen LogP contribution in [0.2, 0.25) is 0 Å². The van der Waals surface area contributed by atoms with Gasteiger partial charge in [0, 0.05) is 16.0 Å². The standard InChI is InChI=1S/C24H19N3O4S2/c28-18(12-14-6-2-1-3-7-14)26-20-22(29)27-21(24(30)31)17(13-32-23(20)27)33-19-11-10-15-8-4-5-9-16(15)25-19/h1-11,20,23H,12-13H2,(H,26,28)(H,30,31)/t20?,23-/m1/s1. The first-order chi connectivity index (χ1) is 16.0. The van der Waals surface area contributed by atoms with Crippen molar-refractivity contribution in [2.75, 3.05) is 5.75 Å². The molecule has 3 aromatic rings. The number of pyridine rings is 1. The summed E-state index contributed by atoms with van der Waals surface area (Å²) in [5, 5.41) is 13.9. The number of amides is 2. The number of hydrogen-bond donors (Lipinski definition) is 2. The van der Waals surface area contributed by atoms with Crippen LogP contribution in [0.1, 0.15) is 5.56 Å². The number of nitrogens with one attached hydrogen (secondary N) is 1. The number of thioether (sulfide) groups is 2. The molecule has 1 unspecified atom stereocenters. The highest BCUT2D eigenvalue weighted by molar-refractivity contribution is 8.06. The van der Waals surface area contributed by atoms with Crippen LogP contribution in [0, 0.1) is 0 Å². The molecule has 1 fully saturated rings. The van der Waals surface area contributed by atoms with E-state index in [2.05, 4.69) is 10.3 Å². The van der Waals surface area contributed by atoms with Gasteiger partial charge in [-0.25, -0.2) is 9.78 Å². The molecule has 0 spiro atoms. The molecular formula is C24H19N3O4S2. The fourth-order valence-corrected chi connectivity index (χ4v) is 6.35. The summed E-state index contributed by atoms with van der Waals surface area (Å²) in [5.74, 6) is -1.41. The quantitative estimate of drug-likeness (QED) is 0.526. The van der Waals surface area contributed by atoms with Gasteiger partial charge in [0.25, 0.3) is 5.91 Å². The van der Waals surface area contributed by atoms with Gasteiger partial charge in [-0.2, -0.15) is 0 Å². The van der Waals surface area contributed by atoms with Gasteiger partial charge in [0.1, 0.15) is 22.1 Å². The first-order valence-electron chi connectivity index (χ1n) is 10.3. The van der Waals surface area contributed by atoms with Crippen LogP contribution in [0.5, 0.6) is 0 Å². The molecule has 1 aromatic heterocycles. The Hall–Kier alpha value is -3.30. The normalized spacial score (nSPS) is 19.8. The number of para-hydroxylation sites is 1. The number of carbonyl (C=O) groups is 3. The second kappa shape index (κ2) is 8.92. The number of fused-ring (bicyclic) bond motifs is 2. The van der Waals surface area contributed by atoms with Gasteiger partial charge in [-0.05, 0) is 17.7 Å². The van der Waals surface area contributed by atoms with Crippen molar-refractivity contribution in [2.45, 2.75) is 22.9 Å². The zero-order valence-corrected chi connectivity index (χ0v) is 18.9. The Labute approximate surface area is 198 Å². The molecule has 33 heavy (non-hydrogen) atoms. The van der Waals surface area contributed by atoms with Crippen LogP contribution < -0.4 is 5.32 Å². The average molecular weight is 478 g/mol. The molecular weight excluding hydrogens is 458 g/mol. The SMILES string of the molecule is O=C(Cc1ccccc1)NC1C(=O)N2C(C(=O)O)=C(Sc3ccc4ccccc4n3)CS[C@H]12. The second-order valence-corrected chi connectivity index (χ2v) is 9.86. The Morgan fingerprint density at radius 2 is 1.85 bits per heavy atom. The van der Waals surface area contributed by atoms with E-state index in [1.54, 1.807) is 0 Å². The van der Waals surface area contributed by atoms with E-state index in [1.807, 2.05) is 66.7 Å². The maximum absolute atomic E-state index is 12.8. The van der Waals surface area contributed by atoms with E-state index in [1.165, 1.54) is 28.4 Å². The molecule has 2 atom stereocenters. The van der Waals surface area contributed by atoms with Crippen LogP contribution in [0.15, 0.2) is 82.4 Å². The Balaban J connectivity index is 1.33. The molecule has 2 N–H and O–H groups in total. The third kappa shape index (κ3) is 4.21. The van der Waals surface area contributed by atoms with E-state index < -0.39 is 23.3 Å². The maximum atomic E-state index is 12.8. The number of carboxylic acids is 1. The van der Waals surface area contributed by atoms with E-state index >= 15 is 0 Å². The lowest BCUT2D eigenvalue weighted by molar-refractivity contribution is -0.150. The maximum Gasteiger partial charge on any atom is 0.353 e. The summed E-state index contributed by atoms with van der Waals surface area (Å²) < 4.78 is 0. The molecule has 166 valence electrons. The van der Waals surface area contributed by atoms with Crippen molar-refractivity contribution in [3.63, 3.8) is 0 Å². The Morgan fingerprint density at radius 3 is 2.64 bits per heavy atom. The molecule has 0 radical (unpaired) electrons. The summed E-state index contributed by atoms with van der Waals surface area (Å²) in [4.78, 5) is 43.8. The molecule has 2 aromatic carbocycles. The third-order valence-corrected chi connectivity index (χ3v) is 7.94. The van der Waals surface area contributed by atoms with E-state index in [9.17, 15) is 19.5 Å². The van der Waals surface area contributed by atoms with Gasteiger partial charge in [0.05, 0.1) is 11.9 Å². The number of aliphatic carboxylic acids is 1. The van der Waals surface area contributed by atoms with E-state index in [-0.39, 0.29) is 18.0 Å². The molecule has 2 amide bonds. The number of carbonyl (C=O) groups excluding carboxylic acids is 2. The van der Waals surface area contributed by atoms with Crippen LogP contribution in [0.25, 0.3) is 10.9 Å². The molecule has 2 aliphatic rings. The number of nitrogens with zero attached hydrogens (tertiary/aromatic N) is 2. The Morgan fingerprint density at radius 1 is 1.09 bits per heavy atom. The van der Waals surface area contributed by atoms with Gasteiger partial charge in [-0.1, -0.05) is 66.4 Å². The first kappa shape index (κ1) is 21.5. The van der Waals surface area contributed by atoms with Crippen LogP contribution in [0.3, 0.4) is 0 Å². The van der Waals surface area contributed by atoms with Gasteiger partial charge >= 0.3 is 5.97 Å². The van der Waals surface area contributed by atoms with Crippen molar-refractivity contribution in [3.8, 4) is 0 Å². The molecule has 0 aliphatic carbocycles. The highest BCUT2D eigenvalue weighted by Crippen LogP contribution is 2.45. The second-order valence-electron chi connectivity index (χ2n) is 7.64. The largest absolute Gasteiger partial charge is 0.477 e. The van der Waals surface area contributed by atoms with E-state index in [4.69, 9.17) is 0 Å². The fourth-order valence-electron chi connectivity index (χ4n) is 3.91. The van der Waals surface area contributed by atoms with Crippen molar-refractivity contribution in [1.82, 2.24) is 15.2 Å². The fraction of sp³-hybridized carbons (Fsp3) is 0.167. The number of hydrogen-bond acceptors (Lipinski definition) is 6. The Bertz CT molecular complexity index is 1300. The number of β-lactam (4-membered cyclic amide) rings is 1. The zero-order chi connectivity index (χ0) is 22.9. The lowest BCUT2D eigenvalue weighted by Gasteiger charge is -2.49. The monoisotopic (exact) mass is 477 g/mol. The smallest absolute Gasteiger partial charge is 0.353 e. The summed E-state index contributed by atoms with van der Waals surface area (Å²) >= 11 is 2.71. The van der Waals surface area contributed by atoms with Gasteiger partial charge in [0.15, 0.2) is 0 Å². The summed E-state index contributed by atoms with van der Waals surface area (Å²) in [7, 11) is 0. The topological polar surface area (TPSA) is 99.6 Å². The number of aromatic nitrogens is 1. The highest BCUT2D eigenvalue weighted by atomic mass is 32.2.